The van der Waals surface area contributed by atoms with Crippen LogP contribution in [0.5, 0.6) is 5.75 Å². The summed E-state index contributed by atoms with van der Waals surface area (Å²) in [5.74, 6) is 0.835. The number of carbonyl (C=O) groups is 1. The Balaban J connectivity index is 1.52. The molecule has 9 heteroatoms. The molecule has 0 bridgehead atoms. The zero-order valence-electron chi connectivity index (χ0n) is 14.8. The minimum atomic E-state index is -4.46. The van der Waals surface area contributed by atoms with Crippen LogP contribution in [0.1, 0.15) is 37.1 Å². The van der Waals surface area contributed by atoms with Gasteiger partial charge in [-0.05, 0) is 50.1 Å². The van der Waals surface area contributed by atoms with Crippen LogP contribution in [0.15, 0.2) is 30.3 Å². The van der Waals surface area contributed by atoms with Gasteiger partial charge >= 0.3 is 12.2 Å². The molecule has 0 radical (unpaired) electrons. The van der Waals surface area contributed by atoms with Gasteiger partial charge in [0.15, 0.2) is 5.69 Å². The number of urea groups is 1. The second-order valence-corrected chi connectivity index (χ2v) is 6.29. The lowest BCUT2D eigenvalue weighted by Gasteiger charge is -2.10. The Hall–Kier alpha value is -2.71. The highest BCUT2D eigenvalue weighted by Crippen LogP contribution is 2.42. The number of benzene rings is 1. The van der Waals surface area contributed by atoms with Crippen molar-refractivity contribution in [2.75, 3.05) is 18.5 Å². The maximum atomic E-state index is 12.9. The van der Waals surface area contributed by atoms with Gasteiger partial charge in [0.2, 0.25) is 0 Å². The van der Waals surface area contributed by atoms with Gasteiger partial charge in [-0.1, -0.05) is 0 Å². The van der Waals surface area contributed by atoms with E-state index in [0.29, 0.717) is 23.7 Å². The van der Waals surface area contributed by atoms with Crippen LogP contribution in [0.3, 0.4) is 0 Å². The van der Waals surface area contributed by atoms with E-state index >= 15 is 0 Å². The Kier molecular flexibility index (Phi) is 5.57. The Morgan fingerprint density at radius 3 is 2.59 bits per heavy atom. The number of anilines is 1. The summed E-state index contributed by atoms with van der Waals surface area (Å²) in [4.78, 5) is 11.9. The normalized spacial score (nSPS) is 14.1. The van der Waals surface area contributed by atoms with Crippen LogP contribution >= 0.6 is 0 Å². The van der Waals surface area contributed by atoms with E-state index in [4.69, 9.17) is 4.74 Å². The summed E-state index contributed by atoms with van der Waals surface area (Å²) in [7, 11) is 0. The van der Waals surface area contributed by atoms with Gasteiger partial charge in [0.25, 0.3) is 0 Å². The first-order chi connectivity index (χ1) is 12.9. The number of nitrogens with zero attached hydrogens (tertiary/aromatic N) is 2. The van der Waals surface area contributed by atoms with E-state index in [2.05, 4.69) is 15.7 Å². The van der Waals surface area contributed by atoms with Gasteiger partial charge in [0.1, 0.15) is 5.75 Å². The summed E-state index contributed by atoms with van der Waals surface area (Å²) in [6, 6.07) is 7.57. The monoisotopic (exact) mass is 382 g/mol. The molecule has 2 amide bonds. The zero-order valence-corrected chi connectivity index (χ0v) is 14.8. The predicted octanol–water partition coefficient (Wildman–Crippen LogP) is 4.00. The molecule has 0 spiro atoms. The fourth-order valence-corrected chi connectivity index (χ4v) is 2.71. The highest BCUT2D eigenvalue weighted by atomic mass is 19.4. The quantitative estimate of drug-likeness (QED) is 0.761. The van der Waals surface area contributed by atoms with Crippen LogP contribution < -0.4 is 15.4 Å². The van der Waals surface area contributed by atoms with E-state index < -0.39 is 17.9 Å². The number of hydrogen-bond acceptors (Lipinski definition) is 3. The molecule has 0 atom stereocenters. The average Bonchev–Trinajstić information content (AvgIpc) is 3.36. The summed E-state index contributed by atoms with van der Waals surface area (Å²) in [6.07, 6.45) is -2.73. The van der Waals surface area contributed by atoms with Crippen LogP contribution in [-0.2, 0) is 12.7 Å². The number of rotatable bonds is 7. The highest BCUT2D eigenvalue weighted by Gasteiger charge is 2.37. The first kappa shape index (κ1) is 19.1. The number of ether oxygens (including phenoxy) is 1. The average molecular weight is 382 g/mol. The number of alkyl halides is 3. The standard InChI is InChI=1S/C18H21F3N4O2/c1-2-27-14-7-5-13(6-8-14)23-17(26)22-9-10-25-15(12-3-4-12)11-16(24-25)18(19,20)21/h5-8,11-12H,2-4,9-10H2,1H3,(H2,22,23,26). The van der Waals surface area contributed by atoms with Crippen molar-refractivity contribution in [1.82, 2.24) is 15.1 Å². The molecular weight excluding hydrogens is 361 g/mol. The molecule has 1 aromatic heterocycles. The summed E-state index contributed by atoms with van der Waals surface area (Å²) in [5, 5.41) is 8.95. The van der Waals surface area contributed by atoms with Crippen LogP contribution in [0.25, 0.3) is 0 Å². The predicted molar refractivity (Wildman–Crippen MR) is 93.8 cm³/mol. The first-order valence-electron chi connectivity index (χ1n) is 8.79. The van der Waals surface area contributed by atoms with Crippen molar-refractivity contribution in [3.63, 3.8) is 0 Å². The van der Waals surface area contributed by atoms with Crippen molar-refractivity contribution in [3.8, 4) is 5.75 Å². The van der Waals surface area contributed by atoms with E-state index in [9.17, 15) is 18.0 Å². The Labute approximate surface area is 154 Å². The zero-order chi connectivity index (χ0) is 19.4. The molecule has 0 saturated heterocycles. The fourth-order valence-electron chi connectivity index (χ4n) is 2.71. The molecule has 2 N–H and O–H groups in total. The van der Waals surface area contributed by atoms with Crippen molar-refractivity contribution in [2.24, 2.45) is 0 Å². The van der Waals surface area contributed by atoms with Gasteiger partial charge < -0.3 is 15.4 Å². The summed E-state index contributed by atoms with van der Waals surface area (Å²) in [5.41, 5.74) is 0.285. The lowest BCUT2D eigenvalue weighted by atomic mass is 10.2. The SMILES string of the molecule is CCOc1ccc(NC(=O)NCCn2nc(C(F)(F)F)cc2C2CC2)cc1. The smallest absolute Gasteiger partial charge is 0.435 e. The second kappa shape index (κ2) is 7.89. The van der Waals surface area contributed by atoms with Crippen LogP contribution in [-0.4, -0.2) is 29.0 Å². The molecule has 1 aliphatic rings. The van der Waals surface area contributed by atoms with E-state index in [1.165, 1.54) is 4.68 Å². The second-order valence-electron chi connectivity index (χ2n) is 6.29. The maximum absolute atomic E-state index is 12.9. The van der Waals surface area contributed by atoms with Crippen LogP contribution in [0.2, 0.25) is 0 Å². The van der Waals surface area contributed by atoms with Gasteiger partial charge in [-0.25, -0.2) is 4.79 Å². The third-order valence-electron chi connectivity index (χ3n) is 4.13. The largest absolute Gasteiger partial charge is 0.494 e. The summed E-state index contributed by atoms with van der Waals surface area (Å²) >= 11 is 0. The number of hydrogen-bond donors (Lipinski definition) is 2. The molecule has 1 saturated carbocycles. The molecule has 1 aromatic carbocycles. The fraction of sp³-hybridized carbons (Fsp3) is 0.444. The lowest BCUT2D eigenvalue weighted by molar-refractivity contribution is -0.141. The molecule has 2 aromatic rings. The third-order valence-corrected chi connectivity index (χ3v) is 4.13. The van der Waals surface area contributed by atoms with Gasteiger partial charge in [-0.3, -0.25) is 4.68 Å². The van der Waals surface area contributed by atoms with Crippen molar-refractivity contribution in [3.05, 3.63) is 41.7 Å². The van der Waals surface area contributed by atoms with Crippen molar-refractivity contribution in [1.29, 1.82) is 0 Å². The molecule has 146 valence electrons. The van der Waals surface area contributed by atoms with Crippen LogP contribution in [0.4, 0.5) is 23.7 Å². The van der Waals surface area contributed by atoms with Gasteiger partial charge in [0.05, 0.1) is 13.2 Å². The van der Waals surface area contributed by atoms with Gasteiger partial charge in [0, 0.05) is 23.8 Å². The number of carbonyl (C=O) groups excluding carboxylic acids is 1. The minimum absolute atomic E-state index is 0.131. The molecular formula is C18H21F3N4O2. The van der Waals surface area contributed by atoms with Crippen molar-refractivity contribution < 1.29 is 22.7 Å². The molecule has 6 nitrogen and oxygen atoms in total. The number of halogens is 3. The Morgan fingerprint density at radius 1 is 1.30 bits per heavy atom. The molecule has 0 unspecified atom stereocenters. The van der Waals surface area contributed by atoms with Gasteiger partial charge in [-0.15, -0.1) is 0 Å². The van der Waals surface area contributed by atoms with Crippen molar-refractivity contribution >= 4 is 11.7 Å². The van der Waals surface area contributed by atoms with Crippen LogP contribution in [0, 0.1) is 0 Å². The van der Waals surface area contributed by atoms with Crippen molar-refractivity contribution in [2.45, 2.75) is 38.4 Å². The molecule has 1 fully saturated rings. The van der Waals surface area contributed by atoms with Gasteiger partial charge in [-0.2, -0.15) is 18.3 Å². The topological polar surface area (TPSA) is 68.2 Å². The maximum Gasteiger partial charge on any atom is 0.435 e. The Morgan fingerprint density at radius 2 is 2.00 bits per heavy atom. The van der Waals surface area contributed by atoms with E-state index in [-0.39, 0.29) is 19.0 Å². The first-order valence-corrected chi connectivity index (χ1v) is 8.79. The molecule has 3 rings (SSSR count). The highest BCUT2D eigenvalue weighted by molar-refractivity contribution is 5.89. The number of nitrogens with one attached hydrogen (secondary N) is 2. The Bertz CT molecular complexity index is 783. The van der Waals surface area contributed by atoms with E-state index in [0.717, 1.165) is 18.9 Å². The molecule has 27 heavy (non-hydrogen) atoms. The minimum Gasteiger partial charge on any atom is -0.494 e. The summed E-state index contributed by atoms with van der Waals surface area (Å²) < 4.78 is 45.3. The number of aromatic nitrogens is 2. The van der Waals surface area contributed by atoms with E-state index in [1.54, 1.807) is 24.3 Å². The third kappa shape index (κ3) is 5.15. The molecule has 1 heterocycles. The number of amides is 2. The van der Waals surface area contributed by atoms with E-state index in [1.807, 2.05) is 6.92 Å². The summed E-state index contributed by atoms with van der Waals surface area (Å²) in [6.45, 7) is 2.78. The molecule has 0 aliphatic heterocycles. The molecule has 1 aliphatic carbocycles. The lowest BCUT2D eigenvalue weighted by Crippen LogP contribution is -2.32.